The molecule has 198 valence electrons. The second-order valence-corrected chi connectivity index (χ2v) is 10.2. The topological polar surface area (TPSA) is 107 Å². The normalized spacial score (nSPS) is 22.0. The van der Waals surface area contributed by atoms with Crippen LogP contribution in [0.15, 0.2) is 78.9 Å². The number of carbonyl (C=O) groups excluding carboxylic acids is 3. The fourth-order valence-electron chi connectivity index (χ4n) is 6.13. The van der Waals surface area contributed by atoms with Crippen molar-refractivity contribution < 1.29 is 29.0 Å². The summed E-state index contributed by atoms with van der Waals surface area (Å²) in [6, 6.07) is 23.1. The van der Waals surface area contributed by atoms with Gasteiger partial charge in [-0.05, 0) is 27.8 Å². The highest BCUT2D eigenvalue weighted by atomic mass is 16.6. The van der Waals surface area contributed by atoms with Crippen molar-refractivity contribution in [1.82, 2.24) is 14.7 Å². The van der Waals surface area contributed by atoms with Crippen LogP contribution >= 0.6 is 0 Å². The number of rotatable bonds is 5. The van der Waals surface area contributed by atoms with E-state index in [4.69, 9.17) is 4.74 Å². The smallest absolute Gasteiger partial charge is 0.410 e. The predicted molar refractivity (Wildman–Crippen MR) is 141 cm³/mol. The number of urea groups is 1. The Kier molecular flexibility index (Phi) is 5.86. The number of hydrogen-bond acceptors (Lipinski definition) is 5. The molecule has 2 saturated heterocycles. The first-order chi connectivity index (χ1) is 18.8. The van der Waals surface area contributed by atoms with Crippen LogP contribution in [0.2, 0.25) is 0 Å². The molecule has 2 atom stereocenters. The fourth-order valence-corrected chi connectivity index (χ4v) is 6.13. The molecule has 2 fully saturated rings. The van der Waals surface area contributed by atoms with E-state index in [9.17, 15) is 24.3 Å². The molecule has 0 saturated carbocycles. The number of nitrogens with zero attached hydrogens (tertiary/aromatic N) is 3. The van der Waals surface area contributed by atoms with Crippen LogP contribution in [0.4, 0.5) is 9.59 Å². The molecule has 1 aliphatic carbocycles. The van der Waals surface area contributed by atoms with Crippen LogP contribution in [0.3, 0.4) is 0 Å². The molecule has 3 aromatic rings. The number of amides is 4. The van der Waals surface area contributed by atoms with Crippen molar-refractivity contribution in [3.05, 3.63) is 95.6 Å². The Labute approximate surface area is 225 Å². The van der Waals surface area contributed by atoms with Crippen molar-refractivity contribution >= 4 is 24.0 Å². The molecule has 1 spiro atoms. The van der Waals surface area contributed by atoms with Crippen LogP contribution < -0.4 is 0 Å². The number of ether oxygens (including phenoxy) is 1. The Hall–Kier alpha value is -4.66. The first kappa shape index (κ1) is 24.7. The summed E-state index contributed by atoms with van der Waals surface area (Å²) in [7, 11) is 1.48. The van der Waals surface area contributed by atoms with Crippen molar-refractivity contribution in [2.75, 3.05) is 20.2 Å². The minimum atomic E-state index is -1.47. The second-order valence-electron chi connectivity index (χ2n) is 10.2. The van der Waals surface area contributed by atoms with Crippen molar-refractivity contribution in [3.8, 4) is 11.1 Å². The summed E-state index contributed by atoms with van der Waals surface area (Å²) >= 11 is 0. The maximum Gasteiger partial charge on any atom is 0.410 e. The maximum atomic E-state index is 13.6. The number of likely N-dealkylation sites (tertiary alicyclic amines) is 1. The van der Waals surface area contributed by atoms with Gasteiger partial charge in [-0.3, -0.25) is 14.6 Å². The molecule has 1 N–H and O–H groups in total. The van der Waals surface area contributed by atoms with Crippen molar-refractivity contribution in [2.24, 2.45) is 0 Å². The van der Waals surface area contributed by atoms with E-state index in [0.717, 1.165) is 37.6 Å². The zero-order valence-corrected chi connectivity index (χ0v) is 21.3. The first-order valence-corrected chi connectivity index (χ1v) is 12.8. The Morgan fingerprint density at radius 3 is 2.13 bits per heavy atom. The molecule has 3 aliphatic rings. The number of likely N-dealkylation sites (N-methyl/N-ethyl adjacent to an activating group) is 1. The van der Waals surface area contributed by atoms with Crippen LogP contribution in [0.1, 0.15) is 29.0 Å². The minimum Gasteiger partial charge on any atom is -0.480 e. The van der Waals surface area contributed by atoms with Gasteiger partial charge in [0.1, 0.15) is 18.2 Å². The maximum absolute atomic E-state index is 13.6. The highest BCUT2D eigenvalue weighted by Crippen LogP contribution is 2.45. The summed E-state index contributed by atoms with van der Waals surface area (Å²) in [4.78, 5) is 55.8. The Morgan fingerprint density at radius 1 is 0.923 bits per heavy atom. The highest BCUT2D eigenvalue weighted by molar-refractivity contribution is 6.08. The summed E-state index contributed by atoms with van der Waals surface area (Å²) in [6.45, 7) is -0.175. The Balaban J connectivity index is 1.23. The summed E-state index contributed by atoms with van der Waals surface area (Å²) in [6.07, 6.45) is -1.03. The second kappa shape index (κ2) is 9.27. The van der Waals surface area contributed by atoms with E-state index in [2.05, 4.69) is 0 Å². The molecule has 2 heterocycles. The summed E-state index contributed by atoms with van der Waals surface area (Å²) in [5.41, 5.74) is 3.52. The fraction of sp³-hybridized carbons (Fsp3) is 0.267. The number of fused-ring (bicyclic) bond motifs is 3. The molecule has 2 aliphatic heterocycles. The number of carboxylic acids is 1. The zero-order valence-electron chi connectivity index (χ0n) is 21.3. The molecule has 0 aromatic heterocycles. The lowest BCUT2D eigenvalue weighted by molar-refractivity contribution is -0.141. The minimum absolute atomic E-state index is 0.0194. The predicted octanol–water partition coefficient (Wildman–Crippen LogP) is 3.93. The molecule has 9 nitrogen and oxygen atoms in total. The molecular weight excluding hydrogens is 498 g/mol. The SMILES string of the molecule is CN1C(=O)N(Cc2ccccc2)C(=O)[C@@]12C[C@@H](C(=O)O)N(C(=O)OCC1c3ccccc3-c3ccccc31)C2. The molecule has 9 heteroatoms. The quantitative estimate of drug-likeness (QED) is 0.506. The summed E-state index contributed by atoms with van der Waals surface area (Å²) in [5, 5.41) is 9.98. The molecule has 3 aromatic carbocycles. The van der Waals surface area contributed by atoms with E-state index >= 15 is 0 Å². The highest BCUT2D eigenvalue weighted by Gasteiger charge is 2.63. The number of carbonyl (C=O) groups is 4. The first-order valence-electron chi connectivity index (χ1n) is 12.8. The van der Waals surface area contributed by atoms with Gasteiger partial charge < -0.3 is 14.7 Å². The Morgan fingerprint density at radius 2 is 1.51 bits per heavy atom. The monoisotopic (exact) mass is 525 g/mol. The number of benzene rings is 3. The zero-order chi connectivity index (χ0) is 27.3. The van der Waals surface area contributed by atoms with E-state index in [1.807, 2.05) is 78.9 Å². The third kappa shape index (κ3) is 3.84. The van der Waals surface area contributed by atoms with Gasteiger partial charge in [0.25, 0.3) is 5.91 Å². The van der Waals surface area contributed by atoms with Crippen LogP contribution in [0.5, 0.6) is 0 Å². The van der Waals surface area contributed by atoms with E-state index < -0.39 is 35.6 Å². The van der Waals surface area contributed by atoms with Crippen LogP contribution in [0.25, 0.3) is 11.1 Å². The van der Waals surface area contributed by atoms with Gasteiger partial charge in [-0.2, -0.15) is 0 Å². The third-order valence-corrected chi connectivity index (χ3v) is 8.18. The van der Waals surface area contributed by atoms with Crippen molar-refractivity contribution in [2.45, 2.75) is 30.5 Å². The number of hydrogen-bond donors (Lipinski definition) is 1. The van der Waals surface area contributed by atoms with Gasteiger partial charge in [-0.15, -0.1) is 0 Å². The largest absolute Gasteiger partial charge is 0.480 e. The number of imide groups is 1. The molecule has 6 rings (SSSR count). The average molecular weight is 526 g/mol. The van der Waals surface area contributed by atoms with E-state index in [0.29, 0.717) is 0 Å². The van der Waals surface area contributed by atoms with Gasteiger partial charge in [-0.25, -0.2) is 14.4 Å². The van der Waals surface area contributed by atoms with Gasteiger partial charge in [0.05, 0.1) is 13.1 Å². The lowest BCUT2D eigenvalue weighted by Gasteiger charge is -2.27. The summed E-state index contributed by atoms with van der Waals surface area (Å²) < 4.78 is 5.72. The molecule has 0 radical (unpaired) electrons. The lowest BCUT2D eigenvalue weighted by atomic mass is 9.94. The molecular formula is C30H27N3O6. The molecule has 4 amide bonds. The molecule has 39 heavy (non-hydrogen) atoms. The summed E-state index contributed by atoms with van der Waals surface area (Å²) in [5.74, 6) is -1.96. The number of aliphatic carboxylic acids is 1. The van der Waals surface area contributed by atoms with Crippen LogP contribution in [-0.4, -0.2) is 75.6 Å². The Bertz CT molecular complexity index is 1450. The van der Waals surface area contributed by atoms with E-state index in [-0.39, 0.29) is 32.0 Å². The van der Waals surface area contributed by atoms with Crippen LogP contribution in [-0.2, 0) is 20.9 Å². The lowest BCUT2D eigenvalue weighted by Crippen LogP contribution is -2.50. The van der Waals surface area contributed by atoms with Gasteiger partial charge in [0.2, 0.25) is 0 Å². The van der Waals surface area contributed by atoms with Gasteiger partial charge in [-0.1, -0.05) is 78.9 Å². The van der Waals surface area contributed by atoms with E-state index in [1.54, 1.807) is 0 Å². The standard InChI is InChI=1S/C30H27N3O6/c1-31-28(37)32(16-19-9-3-2-4-10-19)27(36)30(31)15-25(26(34)35)33(18-30)29(38)39-17-24-22-13-7-5-11-20(22)21-12-6-8-14-23(21)24/h2-14,24-25H,15-18H2,1H3,(H,34,35)/t25-,30-/m0/s1. The van der Waals surface area contributed by atoms with Gasteiger partial charge in [0.15, 0.2) is 0 Å². The third-order valence-electron chi connectivity index (χ3n) is 8.18. The van der Waals surface area contributed by atoms with Gasteiger partial charge >= 0.3 is 18.1 Å². The molecule has 0 unspecified atom stereocenters. The van der Waals surface area contributed by atoms with Crippen molar-refractivity contribution in [1.29, 1.82) is 0 Å². The average Bonchev–Trinajstić information content (AvgIpc) is 3.56. The molecule has 0 bridgehead atoms. The number of carboxylic acid groups (broad SMARTS) is 1. The van der Waals surface area contributed by atoms with Crippen LogP contribution in [0, 0.1) is 0 Å². The van der Waals surface area contributed by atoms with Gasteiger partial charge in [0, 0.05) is 19.4 Å². The van der Waals surface area contributed by atoms with E-state index in [1.165, 1.54) is 11.9 Å². The van der Waals surface area contributed by atoms with Crippen molar-refractivity contribution in [3.63, 3.8) is 0 Å².